The third kappa shape index (κ3) is 4.58. The number of aliphatic hydroxyl groups is 1. The first kappa shape index (κ1) is 18.5. The summed E-state index contributed by atoms with van der Waals surface area (Å²) in [6.45, 7) is 3.68. The van der Waals surface area contributed by atoms with Gasteiger partial charge in [-0.15, -0.1) is 0 Å². The first-order valence-corrected chi connectivity index (χ1v) is 8.57. The molecule has 1 N–H and O–H groups in total. The molecule has 0 saturated heterocycles. The third-order valence-corrected chi connectivity index (χ3v) is 4.58. The van der Waals surface area contributed by atoms with E-state index in [9.17, 15) is 9.90 Å². The number of hydrogen-bond donors (Lipinski definition) is 1. The molecule has 0 bridgehead atoms. The van der Waals surface area contributed by atoms with Crippen LogP contribution in [0.15, 0.2) is 53.0 Å². The zero-order chi connectivity index (χ0) is 17.7. The van der Waals surface area contributed by atoms with Crippen LogP contribution in [0.25, 0.3) is 0 Å². The standard InChI is InChI=1S/C19H22BrNO3/c1-13-11-16(20)9-10-17(13)24-12-18(22)21(3)14(2)19(23)15-7-5-4-6-8-15/h4-11,14,19,23H,12H2,1-3H3. The number of carbonyl (C=O) groups is 1. The highest BCUT2D eigenvalue weighted by Gasteiger charge is 2.24. The Morgan fingerprint density at radius 2 is 1.92 bits per heavy atom. The van der Waals surface area contributed by atoms with Crippen LogP contribution in [0.5, 0.6) is 5.75 Å². The van der Waals surface area contributed by atoms with Crippen molar-refractivity contribution in [2.75, 3.05) is 13.7 Å². The second-order valence-electron chi connectivity index (χ2n) is 5.80. The van der Waals surface area contributed by atoms with Gasteiger partial charge in [0.15, 0.2) is 6.61 Å². The quantitative estimate of drug-likeness (QED) is 0.816. The molecular weight excluding hydrogens is 370 g/mol. The van der Waals surface area contributed by atoms with E-state index in [1.807, 2.05) is 62.4 Å². The van der Waals surface area contributed by atoms with Crippen molar-refractivity contribution in [3.8, 4) is 5.75 Å². The second kappa shape index (κ2) is 8.31. The van der Waals surface area contributed by atoms with Crippen molar-refractivity contribution in [3.05, 3.63) is 64.1 Å². The highest BCUT2D eigenvalue weighted by Crippen LogP contribution is 2.23. The van der Waals surface area contributed by atoms with Gasteiger partial charge in [-0.2, -0.15) is 0 Å². The van der Waals surface area contributed by atoms with E-state index < -0.39 is 6.10 Å². The third-order valence-electron chi connectivity index (χ3n) is 4.09. The average molecular weight is 392 g/mol. The maximum absolute atomic E-state index is 12.4. The molecule has 4 nitrogen and oxygen atoms in total. The molecular formula is C19H22BrNO3. The van der Waals surface area contributed by atoms with Crippen molar-refractivity contribution in [1.29, 1.82) is 0 Å². The molecule has 5 heteroatoms. The Kier molecular flexibility index (Phi) is 6.40. The van der Waals surface area contributed by atoms with Crippen LogP contribution in [-0.2, 0) is 4.79 Å². The molecule has 1 amide bonds. The lowest BCUT2D eigenvalue weighted by molar-refractivity contribution is -0.136. The molecule has 24 heavy (non-hydrogen) atoms. The largest absolute Gasteiger partial charge is 0.483 e. The molecule has 0 aliphatic rings. The Bertz CT molecular complexity index is 690. The van der Waals surface area contributed by atoms with Gasteiger partial charge in [-0.25, -0.2) is 0 Å². The fourth-order valence-corrected chi connectivity index (χ4v) is 2.86. The van der Waals surface area contributed by atoms with Gasteiger partial charge in [-0.3, -0.25) is 4.79 Å². The normalized spacial score (nSPS) is 13.2. The Labute approximate surface area is 151 Å². The zero-order valence-electron chi connectivity index (χ0n) is 14.1. The monoisotopic (exact) mass is 391 g/mol. The van der Waals surface area contributed by atoms with Crippen molar-refractivity contribution < 1.29 is 14.6 Å². The number of amides is 1. The smallest absolute Gasteiger partial charge is 0.260 e. The van der Waals surface area contributed by atoms with Gasteiger partial charge >= 0.3 is 0 Å². The number of aliphatic hydroxyl groups excluding tert-OH is 1. The summed E-state index contributed by atoms with van der Waals surface area (Å²) in [6.07, 6.45) is -0.741. The molecule has 2 aromatic rings. The fourth-order valence-electron chi connectivity index (χ4n) is 2.38. The summed E-state index contributed by atoms with van der Waals surface area (Å²) in [5.41, 5.74) is 1.74. The maximum atomic E-state index is 12.4. The van der Waals surface area contributed by atoms with E-state index in [0.717, 1.165) is 15.6 Å². The number of benzene rings is 2. The maximum Gasteiger partial charge on any atom is 0.260 e. The highest BCUT2D eigenvalue weighted by atomic mass is 79.9. The predicted molar refractivity (Wildman–Crippen MR) is 98.0 cm³/mol. The van der Waals surface area contributed by atoms with Crippen LogP contribution in [0.1, 0.15) is 24.2 Å². The van der Waals surface area contributed by atoms with Crippen molar-refractivity contribution in [2.24, 2.45) is 0 Å². The van der Waals surface area contributed by atoms with Crippen LogP contribution in [0.3, 0.4) is 0 Å². The van der Waals surface area contributed by atoms with Crippen molar-refractivity contribution in [3.63, 3.8) is 0 Å². The summed E-state index contributed by atoms with van der Waals surface area (Å²) < 4.78 is 6.58. The lowest BCUT2D eigenvalue weighted by atomic mass is 10.0. The lowest BCUT2D eigenvalue weighted by Gasteiger charge is -2.29. The molecule has 128 valence electrons. The van der Waals surface area contributed by atoms with Gasteiger partial charge in [0.05, 0.1) is 12.1 Å². The molecule has 0 aliphatic carbocycles. The Morgan fingerprint density at radius 1 is 1.25 bits per heavy atom. The van der Waals surface area contributed by atoms with Crippen LogP contribution < -0.4 is 4.74 Å². The van der Waals surface area contributed by atoms with E-state index in [4.69, 9.17) is 4.74 Å². The zero-order valence-corrected chi connectivity index (χ0v) is 15.7. The molecule has 0 aromatic heterocycles. The van der Waals surface area contributed by atoms with Gasteiger partial charge in [0.1, 0.15) is 5.75 Å². The van der Waals surface area contributed by atoms with Gasteiger partial charge in [0, 0.05) is 11.5 Å². The lowest BCUT2D eigenvalue weighted by Crippen LogP contribution is -2.41. The summed E-state index contributed by atoms with van der Waals surface area (Å²) in [6, 6.07) is 14.6. The van der Waals surface area contributed by atoms with Crippen molar-refractivity contribution in [1.82, 2.24) is 4.90 Å². The highest BCUT2D eigenvalue weighted by molar-refractivity contribution is 9.10. The Balaban J connectivity index is 1.96. The molecule has 2 rings (SSSR count). The minimum Gasteiger partial charge on any atom is -0.483 e. The molecule has 2 atom stereocenters. The molecule has 0 heterocycles. The van der Waals surface area contributed by atoms with E-state index in [1.165, 1.54) is 4.90 Å². The molecule has 0 fully saturated rings. The number of halogens is 1. The van der Waals surface area contributed by atoms with Crippen LogP contribution >= 0.6 is 15.9 Å². The number of aryl methyl sites for hydroxylation is 1. The number of carbonyl (C=O) groups excluding carboxylic acids is 1. The minimum atomic E-state index is -0.741. The summed E-state index contributed by atoms with van der Waals surface area (Å²) in [4.78, 5) is 13.9. The van der Waals surface area contributed by atoms with E-state index >= 15 is 0 Å². The van der Waals surface area contributed by atoms with Gasteiger partial charge in [-0.05, 0) is 43.2 Å². The summed E-state index contributed by atoms with van der Waals surface area (Å²) in [5, 5.41) is 10.4. The van der Waals surface area contributed by atoms with Gasteiger partial charge in [0.2, 0.25) is 0 Å². The molecule has 2 unspecified atom stereocenters. The molecule has 0 saturated carbocycles. The number of likely N-dealkylation sites (N-methyl/N-ethyl adjacent to an activating group) is 1. The Morgan fingerprint density at radius 3 is 2.54 bits per heavy atom. The van der Waals surface area contributed by atoms with E-state index in [1.54, 1.807) is 7.05 Å². The Hall–Kier alpha value is -1.85. The van der Waals surface area contributed by atoms with Crippen molar-refractivity contribution in [2.45, 2.75) is 26.0 Å². The fraction of sp³-hybridized carbons (Fsp3) is 0.316. The van der Waals surface area contributed by atoms with Crippen LogP contribution in [0.4, 0.5) is 0 Å². The first-order chi connectivity index (χ1) is 11.4. The minimum absolute atomic E-state index is 0.0647. The summed E-state index contributed by atoms with van der Waals surface area (Å²) >= 11 is 3.40. The summed E-state index contributed by atoms with van der Waals surface area (Å²) in [5.74, 6) is 0.496. The van der Waals surface area contributed by atoms with E-state index in [2.05, 4.69) is 15.9 Å². The summed E-state index contributed by atoms with van der Waals surface area (Å²) in [7, 11) is 1.68. The van der Waals surface area contributed by atoms with Crippen LogP contribution in [0, 0.1) is 6.92 Å². The van der Waals surface area contributed by atoms with E-state index in [0.29, 0.717) is 5.75 Å². The van der Waals surface area contributed by atoms with Gasteiger partial charge < -0.3 is 14.7 Å². The topological polar surface area (TPSA) is 49.8 Å². The molecule has 0 radical (unpaired) electrons. The number of rotatable bonds is 6. The second-order valence-corrected chi connectivity index (χ2v) is 6.71. The molecule has 0 aliphatic heterocycles. The van der Waals surface area contributed by atoms with Gasteiger partial charge in [-0.1, -0.05) is 46.3 Å². The number of ether oxygens (including phenoxy) is 1. The van der Waals surface area contributed by atoms with Crippen LogP contribution in [-0.4, -0.2) is 35.6 Å². The van der Waals surface area contributed by atoms with Crippen molar-refractivity contribution >= 4 is 21.8 Å². The molecule has 2 aromatic carbocycles. The predicted octanol–water partition coefficient (Wildman–Crippen LogP) is 3.72. The number of hydrogen-bond acceptors (Lipinski definition) is 3. The number of nitrogens with zero attached hydrogens (tertiary/aromatic N) is 1. The van der Waals surface area contributed by atoms with Crippen LogP contribution in [0.2, 0.25) is 0 Å². The van der Waals surface area contributed by atoms with Gasteiger partial charge in [0.25, 0.3) is 5.91 Å². The average Bonchev–Trinajstić information content (AvgIpc) is 2.59. The first-order valence-electron chi connectivity index (χ1n) is 7.77. The SMILES string of the molecule is Cc1cc(Br)ccc1OCC(=O)N(C)C(C)C(O)c1ccccc1. The van der Waals surface area contributed by atoms with E-state index in [-0.39, 0.29) is 18.6 Å². The molecule has 0 spiro atoms.